The zero-order valence-electron chi connectivity index (χ0n) is 17.1. The lowest BCUT2D eigenvalue weighted by atomic mass is 9.91. The van der Waals surface area contributed by atoms with E-state index in [0.29, 0.717) is 0 Å². The smallest absolute Gasteiger partial charge is 0.460 e. The molecular weight excluding hydrogens is 589 g/mol. The number of aliphatic hydroxyl groups excluding tert-OH is 1. The number of carbonyl (C=O) groups excluding carboxylic acids is 1. The van der Waals surface area contributed by atoms with Gasteiger partial charge in [-0.1, -0.05) is 0 Å². The molecule has 0 saturated heterocycles. The van der Waals surface area contributed by atoms with Gasteiger partial charge in [-0.05, 0) is 6.08 Å². The third-order valence-corrected chi connectivity index (χ3v) is 5.34. The Morgan fingerprint density at radius 1 is 0.784 bits per heavy atom. The van der Waals surface area contributed by atoms with Crippen LogP contribution >= 0.6 is 11.8 Å². The highest BCUT2D eigenvalue weighted by Gasteiger charge is 2.93. The van der Waals surface area contributed by atoms with Crippen LogP contribution in [0.25, 0.3) is 0 Å². The molecule has 5 N–H and O–H groups in total. The van der Waals surface area contributed by atoms with E-state index in [1.165, 1.54) is 0 Å². The first kappa shape index (κ1) is 34.9. The third-order valence-electron chi connectivity index (χ3n) is 4.08. The molecule has 1 amide bonds. The van der Waals surface area contributed by atoms with Crippen molar-refractivity contribution in [2.24, 2.45) is 5.73 Å². The summed E-state index contributed by atoms with van der Waals surface area (Å²) in [6, 6.07) is -2.12. The van der Waals surface area contributed by atoms with Gasteiger partial charge < -0.3 is 21.3 Å². The van der Waals surface area contributed by atoms with Crippen molar-refractivity contribution in [3.63, 3.8) is 0 Å². The first-order chi connectivity index (χ1) is 16.2. The molecule has 0 fully saturated rings. The molecule has 0 heterocycles. The normalized spacial score (nSPS) is 16.0. The Morgan fingerprint density at radius 2 is 1.19 bits per heavy atom. The average molecular weight is 602 g/mol. The monoisotopic (exact) mass is 602 g/mol. The molecule has 0 aliphatic heterocycles. The Bertz CT molecular complexity index is 876. The first-order valence-electron chi connectivity index (χ1n) is 8.71. The number of allylic oxidation sites excluding steroid dienone is 1. The van der Waals surface area contributed by atoms with Crippen LogP contribution in [0, 0.1) is 0 Å². The van der Waals surface area contributed by atoms with Crippen LogP contribution in [-0.4, -0.2) is 88.7 Å². The fourth-order valence-corrected chi connectivity index (χ4v) is 3.04. The second kappa shape index (κ2) is 10.9. The number of halogens is 15. The number of rotatable bonds is 13. The minimum absolute atomic E-state index is 0.503. The Hall–Kier alpha value is -2.10. The molecule has 0 aromatic heterocycles. The van der Waals surface area contributed by atoms with Gasteiger partial charge in [0.1, 0.15) is 6.54 Å². The summed E-state index contributed by atoms with van der Waals surface area (Å²) in [6.45, 7) is -2.90. The van der Waals surface area contributed by atoms with Gasteiger partial charge in [-0.2, -0.15) is 65.9 Å². The minimum Gasteiger partial charge on any atom is -0.480 e. The molecule has 1 atom stereocenters. The van der Waals surface area contributed by atoms with Gasteiger partial charge in [0.2, 0.25) is 5.91 Å². The number of alkyl halides is 15. The van der Waals surface area contributed by atoms with Crippen LogP contribution in [0.15, 0.2) is 11.0 Å². The Morgan fingerprint density at radius 3 is 1.57 bits per heavy atom. The molecule has 0 aliphatic carbocycles. The van der Waals surface area contributed by atoms with Gasteiger partial charge in [0, 0.05) is 5.75 Å². The lowest BCUT2D eigenvalue weighted by Gasteiger charge is -2.41. The van der Waals surface area contributed by atoms with Gasteiger partial charge >= 0.3 is 47.7 Å². The number of carboxylic acid groups (broad SMARTS) is 1. The maximum Gasteiger partial charge on any atom is 0.460 e. The van der Waals surface area contributed by atoms with E-state index in [1.807, 2.05) is 0 Å². The fourth-order valence-electron chi connectivity index (χ4n) is 2.03. The van der Waals surface area contributed by atoms with E-state index in [4.69, 9.17) is 15.9 Å². The van der Waals surface area contributed by atoms with Gasteiger partial charge in [0.15, 0.2) is 0 Å². The SMILES string of the molecule is N[C@@H](CS/C(=C/CO)C(F)(F)C(F)(F)C(F)(F)C(F)(F)C(F)(F)C(F)(F)C(F)(F)F)C(=O)NCC(=O)O. The van der Waals surface area contributed by atoms with E-state index < -0.39 is 101 Å². The van der Waals surface area contributed by atoms with E-state index in [1.54, 1.807) is 5.32 Å². The maximum absolute atomic E-state index is 14.3. The highest BCUT2D eigenvalue weighted by atomic mass is 32.2. The summed E-state index contributed by atoms with van der Waals surface area (Å²) in [5, 5.41) is 18.5. The number of aliphatic carboxylic acids is 1. The van der Waals surface area contributed by atoms with E-state index in [2.05, 4.69) is 0 Å². The quantitative estimate of drug-likeness (QED) is 0.240. The molecule has 0 saturated carbocycles. The molecule has 22 heteroatoms. The van der Waals surface area contributed by atoms with E-state index >= 15 is 0 Å². The van der Waals surface area contributed by atoms with E-state index in [-0.39, 0.29) is 0 Å². The molecule has 6 nitrogen and oxygen atoms in total. The van der Waals surface area contributed by atoms with Crippen molar-refractivity contribution in [2.75, 3.05) is 18.9 Å². The van der Waals surface area contributed by atoms with Crippen LogP contribution in [0.2, 0.25) is 0 Å². The summed E-state index contributed by atoms with van der Waals surface area (Å²) in [6.07, 6.45) is -8.24. The molecule has 0 radical (unpaired) electrons. The second-order valence-electron chi connectivity index (χ2n) is 6.72. The van der Waals surface area contributed by atoms with Crippen molar-refractivity contribution < 1.29 is 85.7 Å². The molecule has 0 unspecified atom stereocenters. The van der Waals surface area contributed by atoms with Crippen molar-refractivity contribution in [3.8, 4) is 0 Å². The molecule has 0 aromatic rings. The van der Waals surface area contributed by atoms with Gasteiger partial charge in [-0.15, -0.1) is 11.8 Å². The van der Waals surface area contributed by atoms with Crippen LogP contribution in [0.3, 0.4) is 0 Å². The lowest BCUT2D eigenvalue weighted by Crippen LogP contribution is -2.72. The summed E-state index contributed by atoms with van der Waals surface area (Å²) >= 11 is -0.861. The summed E-state index contributed by atoms with van der Waals surface area (Å²) in [7, 11) is 0. The summed E-state index contributed by atoms with van der Waals surface area (Å²) < 4.78 is 200. The fraction of sp³-hybridized carbons (Fsp3) is 0.733. The number of aliphatic hydroxyl groups is 1. The van der Waals surface area contributed by atoms with Crippen LogP contribution in [0.4, 0.5) is 65.9 Å². The predicted molar refractivity (Wildman–Crippen MR) is 92.0 cm³/mol. The van der Waals surface area contributed by atoms with E-state index in [9.17, 15) is 75.4 Å². The molecule has 0 rings (SSSR count). The summed E-state index contributed by atoms with van der Waals surface area (Å²) in [4.78, 5) is 19.2. The third kappa shape index (κ3) is 6.15. The van der Waals surface area contributed by atoms with Gasteiger partial charge in [0.25, 0.3) is 0 Å². The molecule has 0 bridgehead atoms. The largest absolute Gasteiger partial charge is 0.480 e. The Kier molecular flexibility index (Phi) is 10.3. The summed E-state index contributed by atoms with van der Waals surface area (Å²) in [5.41, 5.74) is 5.10. The highest BCUT2D eigenvalue weighted by molar-refractivity contribution is 8.03. The maximum atomic E-state index is 14.3. The first-order valence-corrected chi connectivity index (χ1v) is 9.70. The zero-order chi connectivity index (χ0) is 30.1. The Balaban J connectivity index is 6.38. The predicted octanol–water partition coefficient (Wildman–Crippen LogP) is 3.50. The number of hydrogen-bond donors (Lipinski definition) is 4. The average Bonchev–Trinajstić information content (AvgIpc) is 2.72. The molecule has 0 spiro atoms. The van der Waals surface area contributed by atoms with Crippen molar-refractivity contribution >= 4 is 23.6 Å². The molecule has 218 valence electrons. The van der Waals surface area contributed by atoms with Gasteiger partial charge in [0.05, 0.1) is 17.6 Å². The van der Waals surface area contributed by atoms with E-state index in [0.717, 1.165) is 0 Å². The van der Waals surface area contributed by atoms with Crippen LogP contribution in [0.5, 0.6) is 0 Å². The second-order valence-corrected chi connectivity index (χ2v) is 7.79. The number of carboxylic acids is 1. The topological polar surface area (TPSA) is 113 Å². The van der Waals surface area contributed by atoms with Crippen LogP contribution in [0.1, 0.15) is 0 Å². The van der Waals surface area contributed by atoms with Crippen LogP contribution in [-0.2, 0) is 9.59 Å². The molecule has 0 aliphatic rings. The van der Waals surface area contributed by atoms with Gasteiger partial charge in [-0.3, -0.25) is 9.59 Å². The Labute approximate surface area is 199 Å². The highest BCUT2D eigenvalue weighted by Crippen LogP contribution is 2.63. The van der Waals surface area contributed by atoms with Crippen molar-refractivity contribution in [1.82, 2.24) is 5.32 Å². The standard InChI is InChI=1S/C15H13F15N2O4S/c16-9(17,6(1-2-33)37-4-5(31)8(36)32-3-7(34)35)10(18,19)11(20,21)12(22,23)13(24,25)14(26,27)15(28,29)30/h1,5,33H,2-4,31H2,(H,32,36)(H,34,35)/b6-1+/t5-/m0/s1. The minimum atomic E-state index is -8.48. The van der Waals surface area contributed by atoms with Crippen molar-refractivity contribution in [2.45, 2.75) is 47.8 Å². The number of thioether (sulfide) groups is 1. The number of carbonyl (C=O) groups is 2. The number of nitrogens with two attached hydrogens (primary N) is 1. The zero-order valence-corrected chi connectivity index (χ0v) is 18.0. The molecule has 37 heavy (non-hydrogen) atoms. The number of hydrogen-bond acceptors (Lipinski definition) is 5. The lowest BCUT2D eigenvalue weighted by molar-refractivity contribution is -0.449. The molecule has 0 aromatic carbocycles. The molecular formula is C15H13F15N2O4S. The van der Waals surface area contributed by atoms with Gasteiger partial charge in [-0.25, -0.2) is 0 Å². The number of nitrogens with one attached hydrogen (secondary N) is 1. The number of amides is 1. The van der Waals surface area contributed by atoms with Crippen LogP contribution < -0.4 is 11.1 Å². The summed E-state index contributed by atoms with van der Waals surface area (Å²) in [5.74, 6) is -52.5. The van der Waals surface area contributed by atoms with Crippen molar-refractivity contribution in [3.05, 3.63) is 11.0 Å². The van der Waals surface area contributed by atoms with Crippen molar-refractivity contribution in [1.29, 1.82) is 0 Å².